The maximum Gasteiger partial charge on any atom is 0.270 e. The second-order valence-electron chi connectivity index (χ2n) is 5.63. The van der Waals surface area contributed by atoms with E-state index in [0.717, 1.165) is 12.8 Å². The van der Waals surface area contributed by atoms with Crippen LogP contribution in [-0.4, -0.2) is 29.5 Å². The number of para-hydroxylation sites is 1. The van der Waals surface area contributed by atoms with Gasteiger partial charge in [0.1, 0.15) is 0 Å². The molecule has 5 heteroatoms. The number of rotatable bonds is 3. The number of hydrogen-bond acceptors (Lipinski definition) is 2. The van der Waals surface area contributed by atoms with E-state index < -0.39 is 11.6 Å². The summed E-state index contributed by atoms with van der Waals surface area (Å²) in [6.45, 7) is 5.00. The number of anilines is 1. The van der Waals surface area contributed by atoms with Crippen molar-refractivity contribution in [1.82, 2.24) is 4.42 Å². The summed E-state index contributed by atoms with van der Waals surface area (Å²) in [6, 6.07) is 7.15. The molecule has 1 fully saturated rings. The first kappa shape index (κ1) is 14.5. The molecular weight excluding hydrogens is 291 g/mol. The Labute approximate surface area is 129 Å². The predicted molar refractivity (Wildman–Crippen MR) is 82.0 cm³/mol. The number of halogens is 2. The molecule has 0 spiro atoms. The van der Waals surface area contributed by atoms with E-state index in [1.165, 1.54) is 6.08 Å². The molecule has 1 saturated heterocycles. The molecule has 2 heterocycles. The molecule has 1 aromatic carbocycles. The van der Waals surface area contributed by atoms with Crippen molar-refractivity contribution in [2.24, 2.45) is 0 Å². The van der Waals surface area contributed by atoms with E-state index in [2.05, 4.69) is 6.58 Å². The first-order chi connectivity index (χ1) is 10.1. The largest absolute Gasteiger partial charge is 0.306 e. The van der Waals surface area contributed by atoms with Crippen LogP contribution in [0.3, 0.4) is 0 Å². The third-order valence-electron chi connectivity index (χ3n) is 4.35. The maximum atomic E-state index is 15.3. The van der Waals surface area contributed by atoms with E-state index in [1.54, 1.807) is 21.5 Å². The number of fused-ring (bicyclic) bond motifs is 1. The van der Waals surface area contributed by atoms with Gasteiger partial charge in [-0.3, -0.25) is 4.79 Å². The predicted octanol–water partition coefficient (Wildman–Crippen LogP) is 3.39. The summed E-state index contributed by atoms with van der Waals surface area (Å²) in [4.78, 5) is 14.4. The molecule has 0 saturated carbocycles. The van der Waals surface area contributed by atoms with Crippen LogP contribution in [0.4, 0.5) is 10.1 Å². The van der Waals surface area contributed by atoms with Crippen LogP contribution >= 0.6 is 11.8 Å². The summed E-state index contributed by atoms with van der Waals surface area (Å²) >= 11 is 5.97. The number of nitrogens with zero attached hydrogens (tertiary/aromatic N) is 2. The van der Waals surface area contributed by atoms with Crippen LogP contribution in [-0.2, 0) is 10.5 Å². The second-order valence-corrected chi connectivity index (χ2v) is 6.11. The zero-order chi connectivity index (χ0) is 15.0. The van der Waals surface area contributed by atoms with Crippen molar-refractivity contribution in [2.45, 2.75) is 31.0 Å². The Kier molecular flexibility index (Phi) is 3.76. The fourth-order valence-corrected chi connectivity index (χ4v) is 3.48. The molecule has 3 rings (SSSR count). The Morgan fingerprint density at radius 2 is 2.05 bits per heavy atom. The highest BCUT2D eigenvalue weighted by molar-refractivity contribution is 6.13. The Hall–Kier alpha value is -1.39. The molecule has 112 valence electrons. The third kappa shape index (κ3) is 2.27. The Bertz CT molecular complexity index is 571. The lowest BCUT2D eigenvalue weighted by Crippen LogP contribution is -2.47. The van der Waals surface area contributed by atoms with Crippen LogP contribution in [0.25, 0.3) is 0 Å². The molecule has 2 aliphatic heterocycles. The van der Waals surface area contributed by atoms with Gasteiger partial charge in [-0.15, -0.1) is 6.58 Å². The lowest BCUT2D eigenvalue weighted by Gasteiger charge is -2.34. The molecule has 1 unspecified atom stereocenters. The molecule has 2 aliphatic rings. The molecule has 1 aromatic rings. The Morgan fingerprint density at radius 3 is 2.71 bits per heavy atom. The molecule has 0 radical (unpaired) electrons. The first-order valence-corrected chi connectivity index (χ1v) is 7.55. The third-order valence-corrected chi connectivity index (χ3v) is 4.69. The topological polar surface area (TPSA) is 23.6 Å². The molecule has 1 atom stereocenters. The molecular formula is C16H18ClFN2O. The van der Waals surface area contributed by atoms with Crippen molar-refractivity contribution in [2.75, 3.05) is 18.0 Å². The summed E-state index contributed by atoms with van der Waals surface area (Å²) < 4.78 is 17.0. The molecule has 0 aromatic heterocycles. The minimum Gasteiger partial charge on any atom is -0.306 e. The van der Waals surface area contributed by atoms with Crippen LogP contribution in [0.1, 0.15) is 24.8 Å². The zero-order valence-electron chi connectivity index (χ0n) is 11.8. The molecule has 1 amide bonds. The van der Waals surface area contributed by atoms with E-state index in [9.17, 15) is 4.79 Å². The van der Waals surface area contributed by atoms with Crippen LogP contribution in [0.15, 0.2) is 36.9 Å². The fourth-order valence-electron chi connectivity index (χ4n) is 3.29. The van der Waals surface area contributed by atoms with Crippen molar-refractivity contribution in [3.8, 4) is 0 Å². The number of allylic oxidation sites excluding steroid dienone is 1. The van der Waals surface area contributed by atoms with E-state index in [1.807, 2.05) is 12.1 Å². The number of piperidine rings is 1. The first-order valence-electron chi connectivity index (χ1n) is 7.21. The summed E-state index contributed by atoms with van der Waals surface area (Å²) in [7, 11) is 0. The van der Waals surface area contributed by atoms with Gasteiger partial charge in [0, 0.05) is 31.1 Å². The highest BCUT2D eigenvalue weighted by atomic mass is 35.5. The summed E-state index contributed by atoms with van der Waals surface area (Å²) in [5, 5.41) is 0. The van der Waals surface area contributed by atoms with E-state index in [-0.39, 0.29) is 12.5 Å². The van der Waals surface area contributed by atoms with Crippen molar-refractivity contribution < 1.29 is 9.18 Å². The van der Waals surface area contributed by atoms with Gasteiger partial charge >= 0.3 is 0 Å². The average molecular weight is 309 g/mol. The fraction of sp³-hybridized carbons (Fsp3) is 0.438. The molecule has 21 heavy (non-hydrogen) atoms. The molecule has 3 nitrogen and oxygen atoms in total. The zero-order valence-corrected chi connectivity index (χ0v) is 12.5. The standard InChI is InChI=1S/C16H18ClFN2O/c1-2-9-16(18)13-5-3-4-6-14(13)20(15(16)21)12-7-10-19(17)11-8-12/h2-6,12H,1,7-11H2. The van der Waals surface area contributed by atoms with Crippen molar-refractivity contribution in [3.63, 3.8) is 0 Å². The van der Waals surface area contributed by atoms with Gasteiger partial charge in [0.05, 0.1) is 5.69 Å². The van der Waals surface area contributed by atoms with Gasteiger partial charge in [-0.2, -0.15) is 0 Å². The highest BCUT2D eigenvalue weighted by Crippen LogP contribution is 2.47. The Morgan fingerprint density at radius 1 is 1.38 bits per heavy atom. The lowest BCUT2D eigenvalue weighted by atomic mass is 9.94. The summed E-state index contributed by atoms with van der Waals surface area (Å²) in [5.41, 5.74) is -0.820. The number of carbonyl (C=O) groups is 1. The summed E-state index contributed by atoms with van der Waals surface area (Å²) in [6.07, 6.45) is 2.99. The van der Waals surface area contributed by atoms with Crippen LogP contribution in [0.2, 0.25) is 0 Å². The summed E-state index contributed by atoms with van der Waals surface area (Å²) in [5.74, 6) is -0.461. The van der Waals surface area contributed by atoms with Crippen molar-refractivity contribution >= 4 is 23.4 Å². The maximum absolute atomic E-state index is 15.3. The van der Waals surface area contributed by atoms with Gasteiger partial charge < -0.3 is 4.90 Å². The Balaban J connectivity index is 1.99. The van der Waals surface area contributed by atoms with Gasteiger partial charge in [-0.1, -0.05) is 24.3 Å². The monoisotopic (exact) mass is 308 g/mol. The smallest absolute Gasteiger partial charge is 0.270 e. The molecule has 0 aliphatic carbocycles. The van der Waals surface area contributed by atoms with Crippen molar-refractivity contribution in [3.05, 3.63) is 42.5 Å². The molecule has 0 bridgehead atoms. The SMILES string of the molecule is C=CCC1(F)C(=O)N(C2CCN(Cl)CC2)c2ccccc21. The minimum atomic E-state index is -1.98. The van der Waals surface area contributed by atoms with Gasteiger partial charge in [0.2, 0.25) is 5.67 Å². The minimum absolute atomic E-state index is 0.00764. The normalized spacial score (nSPS) is 27.0. The molecule has 0 N–H and O–H groups in total. The lowest BCUT2D eigenvalue weighted by molar-refractivity contribution is -0.129. The van der Waals surface area contributed by atoms with Crippen LogP contribution < -0.4 is 4.90 Å². The average Bonchev–Trinajstić information content (AvgIpc) is 2.70. The van der Waals surface area contributed by atoms with Gasteiger partial charge in [-0.25, -0.2) is 8.81 Å². The van der Waals surface area contributed by atoms with Crippen molar-refractivity contribution in [1.29, 1.82) is 0 Å². The number of amides is 1. The van der Waals surface area contributed by atoms with E-state index >= 15 is 4.39 Å². The van der Waals surface area contributed by atoms with Crippen LogP contribution in [0.5, 0.6) is 0 Å². The number of carbonyl (C=O) groups excluding carboxylic acids is 1. The second kappa shape index (κ2) is 5.43. The quantitative estimate of drug-likeness (QED) is 0.631. The van der Waals surface area contributed by atoms with Crippen LogP contribution in [0, 0.1) is 0 Å². The number of benzene rings is 1. The highest BCUT2D eigenvalue weighted by Gasteiger charge is 2.52. The van der Waals surface area contributed by atoms with Gasteiger partial charge in [0.25, 0.3) is 5.91 Å². The van der Waals surface area contributed by atoms with Gasteiger partial charge in [0.15, 0.2) is 0 Å². The van der Waals surface area contributed by atoms with E-state index in [0.29, 0.717) is 24.3 Å². The van der Waals surface area contributed by atoms with Gasteiger partial charge in [-0.05, 0) is 30.7 Å². The van der Waals surface area contributed by atoms with E-state index in [4.69, 9.17) is 11.8 Å². The number of hydrogen-bond donors (Lipinski definition) is 0. The number of alkyl halides is 1.